The number of aromatic nitrogens is 3. The van der Waals surface area contributed by atoms with Crippen molar-refractivity contribution in [2.45, 2.75) is 5.16 Å². The number of carbonyl (C=O) groups is 1. The van der Waals surface area contributed by atoms with Gasteiger partial charge in [-0.3, -0.25) is 10.1 Å². The van der Waals surface area contributed by atoms with E-state index in [4.69, 9.17) is 0 Å². The van der Waals surface area contributed by atoms with E-state index in [9.17, 15) is 9.90 Å². The molecule has 2 rings (SSSR count). The van der Waals surface area contributed by atoms with Crippen molar-refractivity contribution in [1.29, 1.82) is 0 Å². The molecule has 0 saturated carbocycles. The number of nitrogens with one attached hydrogen (secondary N) is 1. The summed E-state index contributed by atoms with van der Waals surface area (Å²) in [6.45, 7) is 0. The molecule has 2 aromatic rings. The molecule has 0 spiro atoms. The Hall–Kier alpha value is -1.67. The van der Waals surface area contributed by atoms with Gasteiger partial charge >= 0.3 is 0 Å². The fraction of sp³-hybridized carbons (Fsp3) is 0.111. The molecule has 0 radical (unpaired) electrons. The molecule has 0 unspecified atom stereocenters. The maximum Gasteiger partial charge on any atom is 0.264 e. The number of hydrogen-bond donors (Lipinski definition) is 2. The molecular weight excluding hydrogens is 260 g/mol. The second-order valence-corrected chi connectivity index (χ2v) is 4.55. The Morgan fingerprint density at radius 3 is 2.94 bits per heavy atom. The molecule has 0 aliphatic rings. The van der Waals surface area contributed by atoms with Crippen LogP contribution in [-0.4, -0.2) is 32.2 Å². The molecule has 2 N–H and O–H groups in total. The van der Waals surface area contributed by atoms with Crippen LogP contribution in [0, 0.1) is 0 Å². The molecule has 0 aromatic carbocycles. The van der Waals surface area contributed by atoms with Gasteiger partial charge in [0.15, 0.2) is 10.3 Å². The molecule has 0 aliphatic heterocycles. The first-order valence-corrected chi connectivity index (χ1v) is 6.62. The Morgan fingerprint density at radius 2 is 2.35 bits per heavy atom. The van der Waals surface area contributed by atoms with Gasteiger partial charge < -0.3 is 5.11 Å². The van der Waals surface area contributed by atoms with E-state index in [0.717, 1.165) is 0 Å². The fourth-order valence-corrected chi connectivity index (χ4v) is 1.93. The van der Waals surface area contributed by atoms with Crippen LogP contribution in [0.3, 0.4) is 0 Å². The molecule has 2 aromatic heterocycles. The van der Waals surface area contributed by atoms with E-state index in [1.54, 1.807) is 17.8 Å². The molecule has 0 aliphatic carbocycles. The van der Waals surface area contributed by atoms with Crippen LogP contribution in [0.2, 0.25) is 0 Å². The Morgan fingerprint density at radius 1 is 1.53 bits per heavy atom. The van der Waals surface area contributed by atoms with Crippen LogP contribution >= 0.6 is 23.1 Å². The van der Waals surface area contributed by atoms with Crippen molar-refractivity contribution >= 4 is 34.1 Å². The lowest BCUT2D eigenvalue weighted by molar-refractivity contribution is 0.102. The Kier molecular flexibility index (Phi) is 3.55. The lowest BCUT2D eigenvalue weighted by Crippen LogP contribution is -2.13. The van der Waals surface area contributed by atoms with E-state index in [1.807, 2.05) is 0 Å². The molecule has 0 atom stereocenters. The van der Waals surface area contributed by atoms with Crippen molar-refractivity contribution in [3.05, 3.63) is 23.3 Å². The molecular formula is C9H8N4O2S2. The first-order chi connectivity index (χ1) is 8.20. The predicted molar refractivity (Wildman–Crippen MR) is 65.5 cm³/mol. The number of rotatable bonds is 3. The van der Waals surface area contributed by atoms with Crippen LogP contribution in [0.5, 0.6) is 5.88 Å². The standard InChI is InChI=1S/C9H8N4O2S2/c1-16-8-11-4-5(6(14)12-8)7(15)13-9-10-2-3-17-9/h2-4H,1H3,(H,10,13,15)(H,11,12,14). The van der Waals surface area contributed by atoms with Gasteiger partial charge in [0.25, 0.3) is 5.91 Å². The smallest absolute Gasteiger partial charge is 0.264 e. The van der Waals surface area contributed by atoms with Crippen LogP contribution in [0.1, 0.15) is 10.4 Å². The summed E-state index contributed by atoms with van der Waals surface area (Å²) in [5.41, 5.74) is 0.0259. The van der Waals surface area contributed by atoms with Crippen molar-refractivity contribution in [3.8, 4) is 5.88 Å². The maximum absolute atomic E-state index is 11.7. The van der Waals surface area contributed by atoms with Crippen LogP contribution in [0.25, 0.3) is 0 Å². The maximum atomic E-state index is 11.7. The monoisotopic (exact) mass is 268 g/mol. The minimum atomic E-state index is -0.481. The largest absolute Gasteiger partial charge is 0.493 e. The minimum absolute atomic E-state index is 0.0259. The summed E-state index contributed by atoms with van der Waals surface area (Å²) in [6, 6.07) is 0. The summed E-state index contributed by atoms with van der Waals surface area (Å²) in [7, 11) is 0. The van der Waals surface area contributed by atoms with Gasteiger partial charge in [-0.1, -0.05) is 11.8 Å². The van der Waals surface area contributed by atoms with E-state index in [0.29, 0.717) is 10.3 Å². The molecule has 1 amide bonds. The van der Waals surface area contributed by atoms with Gasteiger partial charge in [-0.2, -0.15) is 4.98 Å². The zero-order valence-electron chi connectivity index (χ0n) is 8.75. The van der Waals surface area contributed by atoms with Crippen molar-refractivity contribution in [2.24, 2.45) is 0 Å². The van der Waals surface area contributed by atoms with Gasteiger partial charge in [0, 0.05) is 17.8 Å². The highest BCUT2D eigenvalue weighted by Gasteiger charge is 2.14. The van der Waals surface area contributed by atoms with Crippen molar-refractivity contribution in [3.63, 3.8) is 0 Å². The normalized spacial score (nSPS) is 10.2. The van der Waals surface area contributed by atoms with Crippen molar-refractivity contribution in [2.75, 3.05) is 11.6 Å². The lowest BCUT2D eigenvalue weighted by atomic mass is 10.3. The Bertz CT molecular complexity index is 530. The Labute approximate surface area is 105 Å². The summed E-state index contributed by atoms with van der Waals surface area (Å²) in [5.74, 6) is -0.816. The third-order valence-electron chi connectivity index (χ3n) is 1.83. The van der Waals surface area contributed by atoms with E-state index in [-0.39, 0.29) is 11.4 Å². The number of thiazole rings is 1. The zero-order chi connectivity index (χ0) is 12.3. The highest BCUT2D eigenvalue weighted by Crippen LogP contribution is 2.19. The van der Waals surface area contributed by atoms with E-state index < -0.39 is 5.91 Å². The summed E-state index contributed by atoms with van der Waals surface area (Å²) >= 11 is 2.57. The molecule has 0 bridgehead atoms. The molecule has 6 nitrogen and oxygen atoms in total. The minimum Gasteiger partial charge on any atom is -0.493 e. The number of anilines is 1. The highest BCUT2D eigenvalue weighted by molar-refractivity contribution is 7.98. The number of hydrogen-bond acceptors (Lipinski definition) is 7. The SMILES string of the molecule is CSc1ncc(C(=O)Nc2nccs2)c(O)n1. The van der Waals surface area contributed by atoms with Crippen molar-refractivity contribution < 1.29 is 9.90 Å². The van der Waals surface area contributed by atoms with Crippen LogP contribution in [-0.2, 0) is 0 Å². The topological polar surface area (TPSA) is 88.0 Å². The average molecular weight is 268 g/mol. The molecule has 8 heteroatoms. The number of carbonyl (C=O) groups excluding carboxylic acids is 1. The quantitative estimate of drug-likeness (QED) is 0.649. The van der Waals surface area contributed by atoms with E-state index >= 15 is 0 Å². The van der Waals surface area contributed by atoms with Gasteiger partial charge in [-0.25, -0.2) is 9.97 Å². The number of amides is 1. The van der Waals surface area contributed by atoms with E-state index in [2.05, 4.69) is 20.3 Å². The lowest BCUT2D eigenvalue weighted by Gasteiger charge is -2.03. The van der Waals surface area contributed by atoms with Crippen LogP contribution in [0.15, 0.2) is 22.9 Å². The predicted octanol–water partition coefficient (Wildman–Crippen LogP) is 1.61. The first-order valence-electron chi connectivity index (χ1n) is 4.51. The zero-order valence-corrected chi connectivity index (χ0v) is 10.4. The molecule has 17 heavy (non-hydrogen) atoms. The summed E-state index contributed by atoms with van der Waals surface area (Å²) < 4.78 is 0. The number of nitrogens with zero attached hydrogens (tertiary/aromatic N) is 3. The highest BCUT2D eigenvalue weighted by atomic mass is 32.2. The van der Waals surface area contributed by atoms with Crippen molar-refractivity contribution in [1.82, 2.24) is 15.0 Å². The third kappa shape index (κ3) is 2.71. The Balaban J connectivity index is 2.19. The number of aromatic hydroxyl groups is 1. The second-order valence-electron chi connectivity index (χ2n) is 2.89. The summed E-state index contributed by atoms with van der Waals surface area (Å²) in [5, 5.41) is 14.7. The first kappa shape index (κ1) is 11.8. The summed E-state index contributed by atoms with van der Waals surface area (Å²) in [4.78, 5) is 23.3. The average Bonchev–Trinajstić information content (AvgIpc) is 2.81. The number of thioether (sulfide) groups is 1. The van der Waals surface area contributed by atoms with E-state index in [1.165, 1.54) is 29.3 Å². The van der Waals surface area contributed by atoms with Gasteiger partial charge in [0.1, 0.15) is 5.56 Å². The molecule has 2 heterocycles. The second kappa shape index (κ2) is 5.11. The molecule has 88 valence electrons. The fourth-order valence-electron chi connectivity index (χ4n) is 1.07. The molecule has 0 fully saturated rings. The van der Waals surface area contributed by atoms with Crippen LogP contribution < -0.4 is 5.32 Å². The third-order valence-corrected chi connectivity index (χ3v) is 3.08. The van der Waals surface area contributed by atoms with Gasteiger partial charge in [-0.15, -0.1) is 11.3 Å². The molecule has 0 saturated heterocycles. The van der Waals surface area contributed by atoms with Gasteiger partial charge in [0.2, 0.25) is 5.88 Å². The summed E-state index contributed by atoms with van der Waals surface area (Å²) in [6.07, 6.45) is 4.65. The van der Waals surface area contributed by atoms with Gasteiger partial charge in [0.05, 0.1) is 0 Å². The van der Waals surface area contributed by atoms with Gasteiger partial charge in [-0.05, 0) is 6.26 Å². The van der Waals surface area contributed by atoms with Crippen LogP contribution in [0.4, 0.5) is 5.13 Å².